The number of carbonyl (C=O) groups excluding carboxylic acids is 1. The summed E-state index contributed by atoms with van der Waals surface area (Å²) in [6, 6.07) is 9.47. The highest BCUT2D eigenvalue weighted by Gasteiger charge is 2.13. The van der Waals surface area contributed by atoms with Crippen LogP contribution in [-0.4, -0.2) is 5.78 Å². The van der Waals surface area contributed by atoms with Gasteiger partial charge in [-0.15, -0.1) is 0 Å². The molecule has 0 spiro atoms. The molecule has 0 fully saturated rings. The third-order valence-corrected chi connectivity index (χ3v) is 4.54. The first-order valence-corrected chi connectivity index (χ1v) is 7.64. The van der Waals surface area contributed by atoms with E-state index in [0.29, 0.717) is 16.1 Å². The molecule has 2 aromatic carbocycles. The minimum absolute atomic E-state index is 0.0850. The van der Waals surface area contributed by atoms with Crippen LogP contribution in [0.5, 0.6) is 0 Å². The highest BCUT2D eigenvalue weighted by Crippen LogP contribution is 2.23. The van der Waals surface area contributed by atoms with E-state index in [1.807, 2.05) is 0 Å². The van der Waals surface area contributed by atoms with Crippen molar-refractivity contribution < 1.29 is 9.18 Å². The molecule has 0 aliphatic carbocycles. The zero-order valence-corrected chi connectivity index (χ0v) is 14.1. The molecule has 0 saturated carbocycles. The van der Waals surface area contributed by atoms with Crippen molar-refractivity contribution >= 4 is 55.9 Å². The van der Waals surface area contributed by atoms with Crippen LogP contribution in [0.25, 0.3) is 0 Å². The number of benzene rings is 2. The van der Waals surface area contributed by atoms with Crippen LogP contribution in [0.15, 0.2) is 40.9 Å². The van der Waals surface area contributed by atoms with Crippen LogP contribution in [0.1, 0.15) is 15.9 Å². The van der Waals surface area contributed by atoms with Gasteiger partial charge in [-0.3, -0.25) is 4.79 Å². The first-order chi connectivity index (χ1) is 8.97. The summed E-state index contributed by atoms with van der Waals surface area (Å²) in [4.78, 5) is 12.2. The van der Waals surface area contributed by atoms with Gasteiger partial charge in [0.25, 0.3) is 0 Å². The fourth-order valence-electron chi connectivity index (χ4n) is 1.66. The van der Waals surface area contributed by atoms with Gasteiger partial charge in [0.05, 0.1) is 0 Å². The molecule has 0 bridgehead atoms. The lowest BCUT2D eigenvalue weighted by Crippen LogP contribution is -2.06. The molecule has 5 heteroatoms. The second-order valence-corrected chi connectivity index (χ2v) is 6.41. The molecule has 0 aliphatic heterocycles. The van der Waals surface area contributed by atoms with Crippen molar-refractivity contribution in [2.45, 2.75) is 6.42 Å². The van der Waals surface area contributed by atoms with E-state index in [4.69, 9.17) is 11.6 Å². The number of Topliss-reactive ketones (excluding diaryl/α,β-unsaturated/α-hetero) is 1. The number of hydrogen-bond donors (Lipinski definition) is 0. The Balaban J connectivity index is 2.30. The van der Waals surface area contributed by atoms with Crippen LogP contribution in [0, 0.1) is 9.39 Å². The molecule has 98 valence electrons. The smallest absolute Gasteiger partial charge is 0.168 e. The summed E-state index contributed by atoms with van der Waals surface area (Å²) in [5.74, 6) is -0.440. The summed E-state index contributed by atoms with van der Waals surface area (Å²) < 4.78 is 14.7. The van der Waals surface area contributed by atoms with E-state index in [-0.39, 0.29) is 18.0 Å². The second kappa shape index (κ2) is 6.33. The van der Waals surface area contributed by atoms with Crippen molar-refractivity contribution in [3.8, 4) is 0 Å². The van der Waals surface area contributed by atoms with Crippen LogP contribution in [0.3, 0.4) is 0 Å². The van der Waals surface area contributed by atoms with Gasteiger partial charge in [-0.05, 0) is 64.6 Å². The van der Waals surface area contributed by atoms with Crippen LogP contribution in [0.2, 0.25) is 5.02 Å². The highest BCUT2D eigenvalue weighted by atomic mass is 127. The zero-order chi connectivity index (χ0) is 14.0. The zero-order valence-electron chi connectivity index (χ0n) is 9.59. The minimum atomic E-state index is -0.355. The Labute approximate surface area is 137 Å². The number of hydrogen-bond acceptors (Lipinski definition) is 1. The highest BCUT2D eigenvalue weighted by molar-refractivity contribution is 14.1. The molecule has 0 unspecified atom stereocenters. The van der Waals surface area contributed by atoms with E-state index < -0.39 is 0 Å². The monoisotopic (exact) mass is 452 g/mol. The van der Waals surface area contributed by atoms with Crippen molar-refractivity contribution in [1.82, 2.24) is 0 Å². The molecular formula is C14H8BrClFIO. The van der Waals surface area contributed by atoms with Gasteiger partial charge in [0.15, 0.2) is 5.78 Å². The van der Waals surface area contributed by atoms with Gasteiger partial charge in [-0.1, -0.05) is 27.5 Å². The van der Waals surface area contributed by atoms with Gasteiger partial charge in [-0.25, -0.2) is 4.39 Å². The molecule has 0 amide bonds. The standard InChI is InChI=1S/C14H8BrClFIO/c15-12-3-2-10(17)5-8(12)6-14(19)11-7-9(16)1-4-13(11)18/h1-5,7H,6H2. The average Bonchev–Trinajstić information content (AvgIpc) is 2.36. The molecule has 2 rings (SSSR count). The predicted octanol–water partition coefficient (Wildman–Crippen LogP) is 5.27. The SMILES string of the molecule is O=C(Cc1cc(F)ccc1Br)c1cc(Cl)ccc1I. The Morgan fingerprint density at radius 3 is 2.74 bits per heavy atom. The van der Waals surface area contributed by atoms with E-state index in [9.17, 15) is 9.18 Å². The second-order valence-electron chi connectivity index (χ2n) is 3.96. The topological polar surface area (TPSA) is 17.1 Å². The van der Waals surface area contributed by atoms with Gasteiger partial charge in [0.2, 0.25) is 0 Å². The van der Waals surface area contributed by atoms with Gasteiger partial charge < -0.3 is 0 Å². The molecule has 19 heavy (non-hydrogen) atoms. The summed E-state index contributed by atoms with van der Waals surface area (Å²) >= 11 is 11.3. The van der Waals surface area contributed by atoms with Crippen molar-refractivity contribution in [2.24, 2.45) is 0 Å². The number of halogens is 4. The maximum absolute atomic E-state index is 13.2. The molecule has 0 saturated heterocycles. The van der Waals surface area contributed by atoms with Gasteiger partial charge in [0.1, 0.15) is 5.82 Å². The fraction of sp³-hybridized carbons (Fsp3) is 0.0714. The van der Waals surface area contributed by atoms with E-state index in [1.165, 1.54) is 12.1 Å². The maximum Gasteiger partial charge on any atom is 0.168 e. The Morgan fingerprint density at radius 1 is 1.26 bits per heavy atom. The first-order valence-electron chi connectivity index (χ1n) is 5.39. The van der Waals surface area contributed by atoms with Gasteiger partial charge in [0, 0.05) is 25.0 Å². The third-order valence-electron chi connectivity index (χ3n) is 2.59. The van der Waals surface area contributed by atoms with Crippen molar-refractivity contribution in [3.63, 3.8) is 0 Å². The molecule has 2 aromatic rings. The van der Waals surface area contributed by atoms with Crippen LogP contribution < -0.4 is 0 Å². The van der Waals surface area contributed by atoms with Crippen molar-refractivity contribution in [3.05, 3.63) is 66.4 Å². The molecule has 0 atom stereocenters. The van der Waals surface area contributed by atoms with Crippen LogP contribution >= 0.6 is 50.1 Å². The largest absolute Gasteiger partial charge is 0.294 e. The van der Waals surface area contributed by atoms with E-state index in [1.54, 1.807) is 24.3 Å². The average molecular weight is 453 g/mol. The summed E-state index contributed by atoms with van der Waals surface area (Å²) in [7, 11) is 0. The Hall–Kier alpha value is -0.460. The quantitative estimate of drug-likeness (QED) is 0.457. The van der Waals surface area contributed by atoms with Gasteiger partial charge in [-0.2, -0.15) is 0 Å². The molecule has 0 aliphatic rings. The molecule has 0 radical (unpaired) electrons. The number of rotatable bonds is 3. The first kappa shape index (κ1) is 14.9. The summed E-state index contributed by atoms with van der Waals surface area (Å²) in [6.45, 7) is 0. The Bertz CT molecular complexity index is 645. The molecule has 0 N–H and O–H groups in total. The lowest BCUT2D eigenvalue weighted by Gasteiger charge is -2.06. The summed E-state index contributed by atoms with van der Waals surface area (Å²) in [5, 5.41) is 0.516. The van der Waals surface area contributed by atoms with Crippen molar-refractivity contribution in [2.75, 3.05) is 0 Å². The third kappa shape index (κ3) is 3.77. The molecule has 1 nitrogen and oxygen atoms in total. The Morgan fingerprint density at radius 2 is 2.00 bits per heavy atom. The van der Waals surface area contributed by atoms with E-state index in [0.717, 1.165) is 8.04 Å². The van der Waals surface area contributed by atoms with E-state index >= 15 is 0 Å². The van der Waals surface area contributed by atoms with Crippen LogP contribution in [-0.2, 0) is 6.42 Å². The van der Waals surface area contributed by atoms with Crippen LogP contribution in [0.4, 0.5) is 4.39 Å². The van der Waals surface area contributed by atoms with Gasteiger partial charge >= 0.3 is 0 Å². The number of carbonyl (C=O) groups is 1. The molecule has 0 aromatic heterocycles. The fourth-order valence-corrected chi connectivity index (χ4v) is 2.85. The predicted molar refractivity (Wildman–Crippen MR) is 86.3 cm³/mol. The normalized spacial score (nSPS) is 10.5. The summed E-state index contributed by atoms with van der Waals surface area (Å²) in [6.07, 6.45) is 0.134. The van der Waals surface area contributed by atoms with E-state index in [2.05, 4.69) is 38.5 Å². The summed E-state index contributed by atoms with van der Waals surface area (Å²) in [5.41, 5.74) is 1.19. The number of ketones is 1. The lowest BCUT2D eigenvalue weighted by molar-refractivity contribution is 0.0992. The molecule has 0 heterocycles. The minimum Gasteiger partial charge on any atom is -0.294 e. The van der Waals surface area contributed by atoms with Crippen molar-refractivity contribution in [1.29, 1.82) is 0 Å². The lowest BCUT2D eigenvalue weighted by atomic mass is 10.0. The Kier molecular flexibility index (Phi) is 4.97. The maximum atomic E-state index is 13.2. The molecular weight excluding hydrogens is 445 g/mol.